The van der Waals surface area contributed by atoms with Gasteiger partial charge in [0.2, 0.25) is 0 Å². The van der Waals surface area contributed by atoms with Crippen LogP contribution in [-0.2, 0) is 17.2 Å². The third-order valence-corrected chi connectivity index (χ3v) is 6.86. The maximum atomic E-state index is 13.3. The van der Waals surface area contributed by atoms with Crippen LogP contribution in [-0.4, -0.2) is 11.8 Å². The summed E-state index contributed by atoms with van der Waals surface area (Å²) in [5.74, 6) is -0.942. The Morgan fingerprint density at radius 3 is 1.85 bits per heavy atom. The van der Waals surface area contributed by atoms with Crippen molar-refractivity contribution in [3.63, 3.8) is 0 Å². The van der Waals surface area contributed by atoms with E-state index in [0.717, 1.165) is 29.8 Å². The molecule has 0 spiro atoms. The van der Waals surface area contributed by atoms with Gasteiger partial charge in [-0.25, -0.2) is 9.69 Å². The Labute approximate surface area is 233 Å². The number of nitrogens with zero attached hydrogens (tertiary/aromatic N) is 2. The number of carbonyl (C=O) groups is 1. The lowest BCUT2D eigenvalue weighted by Gasteiger charge is -2.25. The first-order chi connectivity index (χ1) is 19.2. The van der Waals surface area contributed by atoms with Crippen LogP contribution in [0.3, 0.4) is 0 Å². The van der Waals surface area contributed by atoms with Crippen LogP contribution < -0.4 is 4.90 Å². The van der Waals surface area contributed by atoms with E-state index >= 15 is 0 Å². The van der Waals surface area contributed by atoms with Crippen LogP contribution >= 0.6 is 0 Å². The van der Waals surface area contributed by atoms with Gasteiger partial charge in [0.25, 0.3) is 0 Å². The Hall–Kier alpha value is -4.34. The van der Waals surface area contributed by atoms with Crippen molar-refractivity contribution < 1.29 is 36.0 Å². The normalized spacial score (nSPS) is 21.3. The molecule has 0 unspecified atom stereocenters. The lowest BCUT2D eigenvalue weighted by atomic mass is 9.83. The highest BCUT2D eigenvalue weighted by Gasteiger charge is 2.32. The zero-order chi connectivity index (χ0) is 29.9. The Kier molecular flexibility index (Phi) is 8.42. The van der Waals surface area contributed by atoms with Gasteiger partial charge in [0.15, 0.2) is 0 Å². The summed E-state index contributed by atoms with van der Waals surface area (Å²) in [5.41, 5.74) is 1.47. The van der Waals surface area contributed by atoms with E-state index in [1.807, 2.05) is 13.8 Å². The zero-order valence-corrected chi connectivity index (χ0v) is 22.3. The van der Waals surface area contributed by atoms with Crippen LogP contribution in [0.4, 0.5) is 36.8 Å². The predicted molar refractivity (Wildman–Crippen MR) is 145 cm³/mol. The van der Waals surface area contributed by atoms with E-state index in [4.69, 9.17) is 4.84 Å². The van der Waals surface area contributed by atoms with Crippen molar-refractivity contribution >= 4 is 23.6 Å². The molecule has 2 atom stereocenters. The number of aryl methyl sites for hydroxylation is 1. The standard InChI is InChI=1S/C31H26F6N2O2/c1-19-4-15-26(16-5-19)39-27(17-8-22-6-11-24(12-7-22)30(32,33)34)18-28(20(2)21(3)38-41-29(39)40)23-9-13-25(14-10-23)31(35,36)37/h4-18,20,28H,1-3H3/b17-8+,27-18-,38-21-/t20-,28+/m0/s1. The minimum Gasteiger partial charge on any atom is -0.297 e. The van der Waals surface area contributed by atoms with Crippen molar-refractivity contribution in [3.05, 3.63) is 118 Å². The van der Waals surface area contributed by atoms with E-state index in [1.165, 1.54) is 29.2 Å². The first-order valence-corrected chi connectivity index (χ1v) is 12.6. The highest BCUT2D eigenvalue weighted by atomic mass is 19.4. The number of oxime groups is 1. The molecule has 3 aromatic rings. The fraction of sp³-hybridized carbons (Fsp3) is 0.226. The first-order valence-electron chi connectivity index (χ1n) is 12.6. The van der Waals surface area contributed by atoms with Crippen molar-refractivity contribution in [2.24, 2.45) is 11.1 Å². The number of benzene rings is 3. The average Bonchev–Trinajstić information content (AvgIpc) is 2.96. The number of halogens is 6. The van der Waals surface area contributed by atoms with Crippen LogP contribution in [0.15, 0.2) is 95.8 Å². The molecular weight excluding hydrogens is 546 g/mol. The van der Waals surface area contributed by atoms with Gasteiger partial charge in [0.1, 0.15) is 0 Å². The fourth-order valence-electron chi connectivity index (χ4n) is 4.33. The molecule has 0 radical (unpaired) electrons. The van der Waals surface area contributed by atoms with Crippen molar-refractivity contribution in [2.75, 3.05) is 4.90 Å². The van der Waals surface area contributed by atoms with Crippen molar-refractivity contribution in [1.82, 2.24) is 0 Å². The smallest absolute Gasteiger partial charge is 0.297 e. The molecular formula is C31H26F6N2O2. The summed E-state index contributed by atoms with van der Waals surface area (Å²) in [4.78, 5) is 19.8. The summed E-state index contributed by atoms with van der Waals surface area (Å²) in [7, 11) is 0. The molecule has 41 heavy (non-hydrogen) atoms. The quantitative estimate of drug-likeness (QED) is 0.231. The van der Waals surface area contributed by atoms with E-state index in [-0.39, 0.29) is 0 Å². The Bertz CT molecular complexity index is 1470. The number of alkyl halides is 6. The number of amides is 1. The molecule has 0 saturated carbocycles. The van der Waals surface area contributed by atoms with Crippen LogP contribution in [0.1, 0.15) is 47.6 Å². The minimum absolute atomic E-state index is 0.292. The van der Waals surface area contributed by atoms with Crippen LogP contribution in [0.5, 0.6) is 0 Å². The van der Waals surface area contributed by atoms with Gasteiger partial charge in [-0.15, -0.1) is 0 Å². The molecule has 0 aromatic heterocycles. The van der Waals surface area contributed by atoms with Crippen LogP contribution in [0.2, 0.25) is 0 Å². The zero-order valence-electron chi connectivity index (χ0n) is 22.3. The number of rotatable bonds is 4. The van der Waals surface area contributed by atoms with Gasteiger partial charge in [-0.1, -0.05) is 66.2 Å². The lowest BCUT2D eigenvalue weighted by Crippen LogP contribution is -2.29. The maximum Gasteiger partial charge on any atom is 0.445 e. The van der Waals surface area contributed by atoms with E-state index in [1.54, 1.807) is 49.4 Å². The van der Waals surface area contributed by atoms with Gasteiger partial charge >= 0.3 is 18.4 Å². The number of anilines is 1. The van der Waals surface area contributed by atoms with Crippen molar-refractivity contribution in [2.45, 2.75) is 39.0 Å². The van der Waals surface area contributed by atoms with Gasteiger partial charge < -0.3 is 0 Å². The third kappa shape index (κ3) is 7.06. The number of hydrogen-bond donors (Lipinski definition) is 0. The largest absolute Gasteiger partial charge is 0.445 e. The van der Waals surface area contributed by atoms with E-state index in [0.29, 0.717) is 28.2 Å². The molecule has 1 heterocycles. The SMILES string of the molecule is C/C1=N/OC(=O)N(c2ccc(C)cc2)C(/C=C/c2ccc(C(F)(F)F)cc2)=C\[C@@H](c2ccc(C(F)(F)F)cc2)[C@H]1C. The summed E-state index contributed by atoms with van der Waals surface area (Å²) in [5, 5.41) is 4.00. The second kappa shape index (κ2) is 11.6. The Morgan fingerprint density at radius 2 is 1.32 bits per heavy atom. The fourth-order valence-corrected chi connectivity index (χ4v) is 4.33. The van der Waals surface area contributed by atoms with Gasteiger partial charge in [0, 0.05) is 17.5 Å². The summed E-state index contributed by atoms with van der Waals surface area (Å²) in [6.45, 7) is 5.34. The van der Waals surface area contributed by atoms with E-state index < -0.39 is 41.4 Å². The summed E-state index contributed by atoms with van der Waals surface area (Å²) in [6, 6.07) is 16.2. The second-order valence-electron chi connectivity index (χ2n) is 9.74. The molecule has 4 nitrogen and oxygen atoms in total. The van der Waals surface area contributed by atoms with E-state index in [9.17, 15) is 31.1 Å². The molecule has 10 heteroatoms. The summed E-state index contributed by atoms with van der Waals surface area (Å²) in [6.07, 6.45) is -5.02. The highest BCUT2D eigenvalue weighted by Crippen LogP contribution is 2.36. The predicted octanol–water partition coefficient (Wildman–Crippen LogP) is 9.38. The number of hydrogen-bond acceptors (Lipinski definition) is 3. The van der Waals surface area contributed by atoms with Gasteiger partial charge in [-0.2, -0.15) is 26.3 Å². The van der Waals surface area contributed by atoms with Crippen LogP contribution in [0, 0.1) is 12.8 Å². The minimum atomic E-state index is -4.51. The molecule has 0 fully saturated rings. The van der Waals surface area contributed by atoms with Crippen LogP contribution in [0.25, 0.3) is 6.08 Å². The maximum absolute atomic E-state index is 13.3. The van der Waals surface area contributed by atoms with Gasteiger partial charge in [0.05, 0.1) is 22.5 Å². The number of carbonyl (C=O) groups excluding carboxylic acids is 1. The summed E-state index contributed by atoms with van der Waals surface area (Å²) >= 11 is 0. The molecule has 1 aliphatic rings. The molecule has 0 bridgehead atoms. The summed E-state index contributed by atoms with van der Waals surface area (Å²) < 4.78 is 78.8. The second-order valence-corrected chi connectivity index (χ2v) is 9.74. The topological polar surface area (TPSA) is 41.9 Å². The van der Waals surface area contributed by atoms with Crippen molar-refractivity contribution in [3.8, 4) is 0 Å². The van der Waals surface area contributed by atoms with Gasteiger partial charge in [-0.3, -0.25) is 4.84 Å². The molecule has 0 aliphatic carbocycles. The lowest BCUT2D eigenvalue weighted by molar-refractivity contribution is -0.138. The number of allylic oxidation sites excluding steroid dienone is 2. The van der Waals surface area contributed by atoms with E-state index in [2.05, 4.69) is 5.16 Å². The Balaban J connectivity index is 1.86. The monoisotopic (exact) mass is 572 g/mol. The molecule has 1 amide bonds. The molecule has 214 valence electrons. The molecule has 0 N–H and O–H groups in total. The molecule has 1 aliphatic heterocycles. The van der Waals surface area contributed by atoms with Crippen molar-refractivity contribution in [1.29, 1.82) is 0 Å². The molecule has 3 aromatic carbocycles. The van der Waals surface area contributed by atoms with Gasteiger partial charge in [-0.05, 0) is 67.4 Å². The highest BCUT2D eigenvalue weighted by molar-refractivity contribution is 5.94. The Morgan fingerprint density at radius 1 is 0.780 bits per heavy atom. The average molecular weight is 573 g/mol. The third-order valence-electron chi connectivity index (χ3n) is 6.86. The first kappa shape index (κ1) is 29.6. The molecule has 0 saturated heterocycles. The molecule has 4 rings (SSSR count).